The third-order valence-corrected chi connectivity index (χ3v) is 4.88. The lowest BCUT2D eigenvalue weighted by molar-refractivity contribution is -0.145. The Labute approximate surface area is 151 Å². The van der Waals surface area contributed by atoms with E-state index >= 15 is 0 Å². The van der Waals surface area contributed by atoms with Gasteiger partial charge in [-0.05, 0) is 19.8 Å². The number of rotatable bonds is 6. The summed E-state index contributed by atoms with van der Waals surface area (Å²) in [6.07, 6.45) is 4.87. The molecule has 0 unspecified atom stereocenters. The fourth-order valence-electron chi connectivity index (χ4n) is 3.33. The van der Waals surface area contributed by atoms with Gasteiger partial charge >= 0.3 is 5.97 Å². The van der Waals surface area contributed by atoms with Gasteiger partial charge in [-0.2, -0.15) is 0 Å². The van der Waals surface area contributed by atoms with Gasteiger partial charge in [0.2, 0.25) is 11.8 Å². The molecule has 1 aliphatic carbocycles. The number of fused-ring (bicyclic) bond motifs is 1. The molecular formula is C20H21NO5. The highest BCUT2D eigenvalue weighted by molar-refractivity contribution is 6.05. The average Bonchev–Trinajstić information content (AvgIpc) is 2.89. The van der Waals surface area contributed by atoms with Gasteiger partial charge < -0.3 is 4.74 Å². The van der Waals surface area contributed by atoms with E-state index in [4.69, 9.17) is 4.74 Å². The summed E-state index contributed by atoms with van der Waals surface area (Å²) < 4.78 is 4.99. The number of carbonyl (C=O) groups is 4. The van der Waals surface area contributed by atoms with Crippen molar-refractivity contribution < 1.29 is 23.9 Å². The highest BCUT2D eigenvalue weighted by Crippen LogP contribution is 2.34. The van der Waals surface area contributed by atoms with E-state index in [0.717, 1.165) is 10.5 Å². The van der Waals surface area contributed by atoms with E-state index in [1.165, 1.54) is 0 Å². The SMILES string of the molecule is Cc1ccc(C(=O)COC(=O)CCN2C(=O)[C@H]3CC=CC[C@@H]3C2=O)cc1. The van der Waals surface area contributed by atoms with Crippen molar-refractivity contribution in [1.29, 1.82) is 0 Å². The molecule has 3 rings (SSSR count). The number of hydrogen-bond donors (Lipinski definition) is 0. The lowest BCUT2D eigenvalue weighted by Gasteiger charge is -2.14. The number of amides is 2. The molecule has 1 aromatic carbocycles. The second-order valence-electron chi connectivity index (χ2n) is 6.68. The van der Waals surface area contributed by atoms with Crippen LogP contribution in [0.25, 0.3) is 0 Å². The Hall–Kier alpha value is -2.76. The minimum Gasteiger partial charge on any atom is -0.457 e. The first-order valence-electron chi connectivity index (χ1n) is 8.73. The Morgan fingerprint density at radius 2 is 1.62 bits per heavy atom. The number of hydrogen-bond acceptors (Lipinski definition) is 5. The number of esters is 1. The minimum atomic E-state index is -0.598. The standard InChI is InChI=1S/C20H21NO5/c1-13-6-8-14(9-7-13)17(22)12-26-18(23)10-11-21-19(24)15-4-2-3-5-16(15)20(21)25/h2-3,6-9,15-16H,4-5,10-12H2,1H3/t15-,16-/m0/s1. The lowest BCUT2D eigenvalue weighted by atomic mass is 9.85. The van der Waals surface area contributed by atoms with E-state index in [0.29, 0.717) is 18.4 Å². The quantitative estimate of drug-likeness (QED) is 0.338. The number of aryl methyl sites for hydroxylation is 1. The number of likely N-dealkylation sites (tertiary alicyclic amines) is 1. The van der Waals surface area contributed by atoms with Gasteiger partial charge in [0.15, 0.2) is 12.4 Å². The molecule has 2 atom stereocenters. The van der Waals surface area contributed by atoms with Gasteiger partial charge in [-0.1, -0.05) is 42.0 Å². The summed E-state index contributed by atoms with van der Waals surface area (Å²) >= 11 is 0. The molecule has 0 saturated carbocycles. The van der Waals surface area contributed by atoms with Gasteiger partial charge in [-0.25, -0.2) is 0 Å². The highest BCUT2D eigenvalue weighted by atomic mass is 16.5. The van der Waals surface area contributed by atoms with E-state index in [1.54, 1.807) is 12.1 Å². The first kappa shape index (κ1) is 18.0. The monoisotopic (exact) mass is 355 g/mol. The van der Waals surface area contributed by atoms with Crippen LogP contribution in [0, 0.1) is 18.8 Å². The van der Waals surface area contributed by atoms with Crippen molar-refractivity contribution in [1.82, 2.24) is 4.90 Å². The molecule has 0 radical (unpaired) electrons. The maximum absolute atomic E-state index is 12.3. The molecule has 0 aromatic heterocycles. The van der Waals surface area contributed by atoms with Crippen LogP contribution in [0.5, 0.6) is 0 Å². The van der Waals surface area contributed by atoms with Crippen LogP contribution in [-0.2, 0) is 19.1 Å². The summed E-state index contributed by atoms with van der Waals surface area (Å²) in [5, 5.41) is 0. The highest BCUT2D eigenvalue weighted by Gasteiger charge is 2.46. The molecule has 2 aliphatic rings. The van der Waals surface area contributed by atoms with Crippen LogP contribution in [0.2, 0.25) is 0 Å². The fourth-order valence-corrected chi connectivity index (χ4v) is 3.33. The van der Waals surface area contributed by atoms with E-state index < -0.39 is 5.97 Å². The van der Waals surface area contributed by atoms with Gasteiger partial charge in [0.05, 0.1) is 18.3 Å². The predicted octanol–water partition coefficient (Wildman–Crippen LogP) is 2.06. The second-order valence-corrected chi connectivity index (χ2v) is 6.68. The second kappa shape index (κ2) is 7.64. The Bertz CT molecular complexity index is 739. The average molecular weight is 355 g/mol. The van der Waals surface area contributed by atoms with Gasteiger partial charge in [0.25, 0.3) is 0 Å². The van der Waals surface area contributed by atoms with Crippen molar-refractivity contribution in [2.45, 2.75) is 26.2 Å². The molecule has 1 aliphatic heterocycles. The molecule has 0 N–H and O–H groups in total. The van der Waals surface area contributed by atoms with Gasteiger partial charge in [-0.3, -0.25) is 24.1 Å². The van der Waals surface area contributed by atoms with Crippen molar-refractivity contribution in [3.05, 3.63) is 47.5 Å². The predicted molar refractivity (Wildman–Crippen MR) is 93.2 cm³/mol. The smallest absolute Gasteiger partial charge is 0.308 e. The molecular weight excluding hydrogens is 334 g/mol. The number of imide groups is 1. The summed E-state index contributed by atoms with van der Waals surface area (Å²) in [6, 6.07) is 6.99. The number of ether oxygens (including phenoxy) is 1. The zero-order chi connectivity index (χ0) is 18.7. The van der Waals surface area contributed by atoms with Crippen LogP contribution in [0.1, 0.15) is 35.2 Å². The summed E-state index contributed by atoms with van der Waals surface area (Å²) in [5.41, 5.74) is 1.51. The van der Waals surface area contributed by atoms with Crippen LogP contribution in [-0.4, -0.2) is 41.6 Å². The van der Waals surface area contributed by atoms with Crippen LogP contribution in [0.4, 0.5) is 0 Å². The van der Waals surface area contributed by atoms with Gasteiger partial charge in [0, 0.05) is 12.1 Å². The zero-order valence-corrected chi connectivity index (χ0v) is 14.6. The number of ketones is 1. The van der Waals surface area contributed by atoms with E-state index in [1.807, 2.05) is 31.2 Å². The topological polar surface area (TPSA) is 80.8 Å². The molecule has 2 amide bonds. The number of carbonyl (C=O) groups excluding carboxylic acids is 4. The summed E-state index contributed by atoms with van der Waals surface area (Å²) in [7, 11) is 0. The first-order chi connectivity index (χ1) is 12.5. The van der Waals surface area contributed by atoms with E-state index in [9.17, 15) is 19.2 Å². The molecule has 26 heavy (non-hydrogen) atoms. The first-order valence-corrected chi connectivity index (χ1v) is 8.73. The number of Topliss-reactive ketones (excluding diaryl/α,β-unsaturated/α-hetero) is 1. The van der Waals surface area contributed by atoms with Crippen molar-refractivity contribution in [3.8, 4) is 0 Å². The van der Waals surface area contributed by atoms with Gasteiger partial charge in [-0.15, -0.1) is 0 Å². The molecule has 1 heterocycles. The summed E-state index contributed by atoms with van der Waals surface area (Å²) in [5.74, 6) is -1.91. The normalized spacial score (nSPS) is 21.7. The molecule has 136 valence electrons. The minimum absolute atomic E-state index is 0.00220. The maximum Gasteiger partial charge on any atom is 0.308 e. The molecule has 1 aromatic rings. The van der Waals surface area contributed by atoms with Crippen molar-refractivity contribution in [3.63, 3.8) is 0 Å². The van der Waals surface area contributed by atoms with E-state index in [-0.39, 0.29) is 49.0 Å². The van der Waals surface area contributed by atoms with Crippen LogP contribution in [0.3, 0.4) is 0 Å². The zero-order valence-electron chi connectivity index (χ0n) is 14.6. The number of nitrogens with zero attached hydrogens (tertiary/aromatic N) is 1. The Morgan fingerprint density at radius 3 is 2.19 bits per heavy atom. The van der Waals surface area contributed by atoms with Crippen molar-refractivity contribution in [2.75, 3.05) is 13.2 Å². The maximum atomic E-state index is 12.3. The largest absolute Gasteiger partial charge is 0.457 e. The summed E-state index contributed by atoms with van der Waals surface area (Å²) in [4.78, 5) is 49.6. The van der Waals surface area contributed by atoms with Crippen molar-refractivity contribution >= 4 is 23.6 Å². The molecule has 6 nitrogen and oxygen atoms in total. The van der Waals surface area contributed by atoms with E-state index in [2.05, 4.69) is 0 Å². The van der Waals surface area contributed by atoms with Crippen LogP contribution < -0.4 is 0 Å². The van der Waals surface area contributed by atoms with Crippen molar-refractivity contribution in [2.24, 2.45) is 11.8 Å². The Morgan fingerprint density at radius 1 is 1.04 bits per heavy atom. The molecule has 1 fully saturated rings. The molecule has 6 heteroatoms. The third kappa shape index (κ3) is 3.74. The fraction of sp³-hybridized carbons (Fsp3) is 0.400. The third-order valence-electron chi connectivity index (χ3n) is 4.88. The Balaban J connectivity index is 1.47. The molecule has 0 bridgehead atoms. The lowest BCUT2D eigenvalue weighted by Crippen LogP contribution is -2.33. The van der Waals surface area contributed by atoms with Gasteiger partial charge in [0.1, 0.15) is 0 Å². The molecule has 1 saturated heterocycles. The number of benzene rings is 1. The number of allylic oxidation sites excluding steroid dienone is 2. The van der Waals surface area contributed by atoms with Crippen LogP contribution in [0.15, 0.2) is 36.4 Å². The molecule has 0 spiro atoms. The Kier molecular flexibility index (Phi) is 5.30. The van der Waals surface area contributed by atoms with Crippen LogP contribution >= 0.6 is 0 Å². The summed E-state index contributed by atoms with van der Waals surface area (Å²) in [6.45, 7) is 1.57.